The number of piperazine rings is 1. The summed E-state index contributed by atoms with van der Waals surface area (Å²) < 4.78 is 2.32. The summed E-state index contributed by atoms with van der Waals surface area (Å²) >= 11 is 0. The molecule has 5 rings (SSSR count). The molecule has 1 unspecified atom stereocenters. The predicted molar refractivity (Wildman–Crippen MR) is 112 cm³/mol. The zero-order valence-electron chi connectivity index (χ0n) is 16.3. The molecule has 0 aromatic carbocycles. The molecule has 0 amide bonds. The number of nitrogens with zero attached hydrogens (tertiary/aromatic N) is 5. The Morgan fingerprint density at radius 2 is 2.00 bits per heavy atom. The monoisotopic (exact) mass is 377 g/mol. The molecule has 1 saturated heterocycles. The van der Waals surface area contributed by atoms with Crippen molar-refractivity contribution in [2.45, 2.75) is 44.7 Å². The summed E-state index contributed by atoms with van der Waals surface area (Å²) in [6.45, 7) is 5.24. The van der Waals surface area contributed by atoms with Crippen LogP contribution in [-0.2, 0) is 0 Å². The minimum Gasteiger partial charge on any atom is -0.367 e. The number of hydrogen-bond donors (Lipinski definition) is 2. The van der Waals surface area contributed by atoms with Crippen LogP contribution in [0.1, 0.15) is 38.6 Å². The van der Waals surface area contributed by atoms with Crippen LogP contribution >= 0.6 is 0 Å². The van der Waals surface area contributed by atoms with E-state index in [1.54, 1.807) is 0 Å². The molecule has 1 saturated carbocycles. The van der Waals surface area contributed by atoms with E-state index in [0.717, 1.165) is 42.2 Å². The van der Waals surface area contributed by atoms with Gasteiger partial charge in [-0.05, 0) is 38.0 Å². The summed E-state index contributed by atoms with van der Waals surface area (Å²) in [6, 6.07) is 7.30. The third-order valence-electron chi connectivity index (χ3n) is 5.89. The molecule has 0 bridgehead atoms. The van der Waals surface area contributed by atoms with Crippen LogP contribution in [0.5, 0.6) is 0 Å². The second-order valence-electron chi connectivity index (χ2n) is 7.96. The predicted octanol–water partition coefficient (Wildman–Crippen LogP) is 3.48. The molecule has 0 radical (unpaired) electrons. The Balaban J connectivity index is 1.34. The zero-order valence-corrected chi connectivity index (χ0v) is 16.3. The van der Waals surface area contributed by atoms with E-state index in [-0.39, 0.29) is 0 Å². The Labute approximate surface area is 165 Å². The highest BCUT2D eigenvalue weighted by Gasteiger charge is 2.19. The van der Waals surface area contributed by atoms with Crippen molar-refractivity contribution in [3.8, 4) is 0 Å². The number of rotatable bonds is 4. The summed E-state index contributed by atoms with van der Waals surface area (Å²) in [7, 11) is 0. The van der Waals surface area contributed by atoms with Gasteiger partial charge in [-0.15, -0.1) is 0 Å². The lowest BCUT2D eigenvalue weighted by molar-refractivity contribution is 0.484. The van der Waals surface area contributed by atoms with Gasteiger partial charge in [-0.25, -0.2) is 9.97 Å². The third-order valence-corrected chi connectivity index (χ3v) is 5.89. The lowest BCUT2D eigenvalue weighted by atomic mass is 10.2. The summed E-state index contributed by atoms with van der Waals surface area (Å²) in [5.41, 5.74) is 2.17. The highest BCUT2D eigenvalue weighted by Crippen LogP contribution is 2.32. The first-order valence-electron chi connectivity index (χ1n) is 10.3. The van der Waals surface area contributed by atoms with Crippen LogP contribution in [-0.4, -0.2) is 45.2 Å². The molecule has 7 nitrogen and oxygen atoms in total. The van der Waals surface area contributed by atoms with E-state index in [0.29, 0.717) is 18.0 Å². The smallest absolute Gasteiger partial charge is 0.230 e. The Morgan fingerprint density at radius 3 is 2.79 bits per heavy atom. The average Bonchev–Trinajstić information content (AvgIpc) is 3.38. The van der Waals surface area contributed by atoms with E-state index in [2.05, 4.69) is 55.3 Å². The number of fused-ring (bicyclic) bond motifs is 1. The fourth-order valence-corrected chi connectivity index (χ4v) is 4.40. The Kier molecular flexibility index (Phi) is 4.60. The van der Waals surface area contributed by atoms with Gasteiger partial charge in [0.25, 0.3) is 0 Å². The summed E-state index contributed by atoms with van der Waals surface area (Å²) in [5.74, 6) is 1.37. The summed E-state index contributed by atoms with van der Waals surface area (Å²) in [6.07, 6.45) is 11.1. The number of pyridine rings is 1. The lowest BCUT2D eigenvalue weighted by Crippen LogP contribution is -2.49. The van der Waals surface area contributed by atoms with E-state index in [4.69, 9.17) is 4.98 Å². The fraction of sp³-hybridized carbons (Fsp3) is 0.476. The van der Waals surface area contributed by atoms with Crippen LogP contribution in [0.4, 0.5) is 17.5 Å². The highest BCUT2D eigenvalue weighted by atomic mass is 15.2. The lowest BCUT2D eigenvalue weighted by Gasteiger charge is -2.33. The van der Waals surface area contributed by atoms with Crippen LogP contribution in [0.15, 0.2) is 36.8 Å². The first-order chi connectivity index (χ1) is 13.8. The number of hydrogen-bond acceptors (Lipinski definition) is 6. The molecule has 146 valence electrons. The van der Waals surface area contributed by atoms with E-state index in [1.807, 2.05) is 18.5 Å². The van der Waals surface area contributed by atoms with Crippen LogP contribution in [0, 0.1) is 0 Å². The SMILES string of the molecule is CC1CN(c2ccc(Nc3ncc4ccn(C5CCCC5)c4n3)nc2)CCN1. The van der Waals surface area contributed by atoms with Crippen LogP contribution < -0.4 is 15.5 Å². The fourth-order valence-electron chi connectivity index (χ4n) is 4.40. The molecule has 3 aromatic rings. The first-order valence-corrected chi connectivity index (χ1v) is 10.3. The highest BCUT2D eigenvalue weighted by molar-refractivity contribution is 5.77. The quantitative estimate of drug-likeness (QED) is 0.725. The molecule has 2 N–H and O–H groups in total. The van der Waals surface area contributed by atoms with Crippen LogP contribution in [0.25, 0.3) is 11.0 Å². The molecular formula is C21H27N7. The van der Waals surface area contributed by atoms with Crippen molar-refractivity contribution in [2.75, 3.05) is 29.9 Å². The van der Waals surface area contributed by atoms with Gasteiger partial charge in [0, 0.05) is 49.5 Å². The minimum atomic E-state index is 0.503. The van der Waals surface area contributed by atoms with E-state index in [1.165, 1.54) is 25.7 Å². The summed E-state index contributed by atoms with van der Waals surface area (Å²) in [5, 5.41) is 7.83. The van der Waals surface area contributed by atoms with E-state index in [9.17, 15) is 0 Å². The number of aromatic nitrogens is 4. The largest absolute Gasteiger partial charge is 0.367 e. The molecule has 4 heterocycles. The number of anilines is 3. The molecule has 3 aromatic heterocycles. The van der Waals surface area contributed by atoms with Gasteiger partial charge in [-0.1, -0.05) is 12.8 Å². The van der Waals surface area contributed by atoms with Gasteiger partial charge in [0.2, 0.25) is 5.95 Å². The van der Waals surface area contributed by atoms with Crippen molar-refractivity contribution in [3.63, 3.8) is 0 Å². The molecular weight excluding hydrogens is 350 g/mol. The molecule has 2 fully saturated rings. The second-order valence-corrected chi connectivity index (χ2v) is 7.96. The maximum Gasteiger partial charge on any atom is 0.230 e. The van der Waals surface area contributed by atoms with Gasteiger partial charge in [0.1, 0.15) is 11.5 Å². The van der Waals surface area contributed by atoms with Crippen molar-refractivity contribution in [1.29, 1.82) is 0 Å². The molecule has 1 aliphatic heterocycles. The Hall–Kier alpha value is -2.67. The van der Waals surface area contributed by atoms with E-state index >= 15 is 0 Å². The normalized spacial score (nSPS) is 20.8. The van der Waals surface area contributed by atoms with E-state index < -0.39 is 0 Å². The van der Waals surface area contributed by atoms with Crippen molar-refractivity contribution < 1.29 is 0 Å². The average molecular weight is 377 g/mol. The Morgan fingerprint density at radius 1 is 1.11 bits per heavy atom. The minimum absolute atomic E-state index is 0.503. The third kappa shape index (κ3) is 3.42. The molecule has 2 aliphatic rings. The van der Waals surface area contributed by atoms with Gasteiger partial charge in [-0.2, -0.15) is 4.98 Å². The van der Waals surface area contributed by atoms with Gasteiger partial charge in [-0.3, -0.25) is 0 Å². The van der Waals surface area contributed by atoms with Gasteiger partial charge in [0.05, 0.1) is 11.9 Å². The van der Waals surface area contributed by atoms with Gasteiger partial charge >= 0.3 is 0 Å². The van der Waals surface area contributed by atoms with Crippen molar-refractivity contribution in [2.24, 2.45) is 0 Å². The molecule has 1 aliphatic carbocycles. The maximum absolute atomic E-state index is 4.78. The van der Waals surface area contributed by atoms with Gasteiger partial charge < -0.3 is 20.1 Å². The zero-order chi connectivity index (χ0) is 18.9. The van der Waals surface area contributed by atoms with Crippen molar-refractivity contribution >= 4 is 28.5 Å². The Bertz CT molecular complexity index is 943. The molecule has 7 heteroatoms. The maximum atomic E-state index is 4.78. The number of nitrogens with one attached hydrogen (secondary N) is 2. The molecule has 28 heavy (non-hydrogen) atoms. The second kappa shape index (κ2) is 7.39. The molecule has 0 spiro atoms. The van der Waals surface area contributed by atoms with Crippen molar-refractivity contribution in [3.05, 3.63) is 36.8 Å². The molecule has 1 atom stereocenters. The summed E-state index contributed by atoms with van der Waals surface area (Å²) in [4.78, 5) is 16.2. The topological polar surface area (TPSA) is 70.9 Å². The van der Waals surface area contributed by atoms with Crippen LogP contribution in [0.3, 0.4) is 0 Å². The first kappa shape index (κ1) is 17.4. The van der Waals surface area contributed by atoms with Crippen molar-refractivity contribution in [1.82, 2.24) is 24.8 Å². The van der Waals surface area contributed by atoms with Gasteiger partial charge in [0.15, 0.2) is 0 Å². The standard InChI is InChI=1S/C21H27N7/c1-15-14-27(11-9-22-15)18-6-7-19(23-13-18)25-21-24-12-16-8-10-28(20(16)26-21)17-4-2-3-5-17/h6-8,10,12-13,15,17,22H,2-5,9,11,14H2,1H3,(H,23,24,25,26). The van der Waals surface area contributed by atoms with Crippen LogP contribution in [0.2, 0.25) is 0 Å².